The molecule has 1 aromatic carbocycles. The lowest BCUT2D eigenvalue weighted by Crippen LogP contribution is -2.25. The van der Waals surface area contributed by atoms with E-state index in [9.17, 15) is 0 Å². The van der Waals surface area contributed by atoms with E-state index in [1.807, 2.05) is 0 Å². The molecular formula is C14H17NS. The first kappa shape index (κ1) is 11.4. The number of hydrogen-bond acceptors (Lipinski definition) is 2. The van der Waals surface area contributed by atoms with Crippen LogP contribution in [0.1, 0.15) is 16.7 Å². The minimum absolute atomic E-state index is 0.219. The highest BCUT2D eigenvalue weighted by Gasteiger charge is 2.05. The second-order valence-corrected chi connectivity index (χ2v) is 5.07. The van der Waals surface area contributed by atoms with Crippen molar-refractivity contribution in [2.24, 2.45) is 5.73 Å². The third kappa shape index (κ3) is 3.19. The van der Waals surface area contributed by atoms with Crippen molar-refractivity contribution in [2.45, 2.75) is 25.8 Å². The Balaban J connectivity index is 1.94. The minimum Gasteiger partial charge on any atom is -0.327 e. The van der Waals surface area contributed by atoms with E-state index in [0.29, 0.717) is 0 Å². The maximum Gasteiger partial charge on any atom is 0.0120 e. The van der Waals surface area contributed by atoms with Gasteiger partial charge in [0.1, 0.15) is 0 Å². The first-order valence-corrected chi connectivity index (χ1v) is 6.50. The fraction of sp³-hybridized carbons (Fsp3) is 0.286. The third-order valence-corrected chi connectivity index (χ3v) is 3.39. The van der Waals surface area contributed by atoms with Gasteiger partial charge in [0.05, 0.1) is 0 Å². The second kappa shape index (κ2) is 5.28. The van der Waals surface area contributed by atoms with Crippen LogP contribution in [0, 0.1) is 6.92 Å². The van der Waals surface area contributed by atoms with Gasteiger partial charge < -0.3 is 5.73 Å². The molecule has 0 bridgehead atoms. The third-order valence-electron chi connectivity index (χ3n) is 2.66. The Labute approximate surface area is 101 Å². The van der Waals surface area contributed by atoms with Crippen LogP contribution in [0.4, 0.5) is 0 Å². The van der Waals surface area contributed by atoms with E-state index >= 15 is 0 Å². The Bertz CT molecular complexity index is 434. The standard InChI is InChI=1S/C14H17NS/c1-11-3-2-4-12(7-11)8-14(15)9-13-5-6-16-10-13/h2-7,10,14H,8-9,15H2,1H3. The van der Waals surface area contributed by atoms with Crippen molar-refractivity contribution in [3.8, 4) is 0 Å². The zero-order valence-electron chi connectivity index (χ0n) is 9.52. The SMILES string of the molecule is Cc1cccc(CC(N)Cc2ccsc2)c1. The molecule has 0 aliphatic rings. The highest BCUT2D eigenvalue weighted by Crippen LogP contribution is 2.11. The van der Waals surface area contributed by atoms with E-state index in [-0.39, 0.29) is 6.04 Å². The molecule has 1 nitrogen and oxygen atoms in total. The average Bonchev–Trinajstić information content (AvgIpc) is 2.70. The van der Waals surface area contributed by atoms with Gasteiger partial charge in [-0.1, -0.05) is 29.8 Å². The molecule has 1 atom stereocenters. The molecule has 0 aliphatic heterocycles. The molecule has 2 heteroatoms. The van der Waals surface area contributed by atoms with E-state index in [2.05, 4.69) is 48.0 Å². The van der Waals surface area contributed by atoms with Gasteiger partial charge in [0, 0.05) is 6.04 Å². The van der Waals surface area contributed by atoms with Crippen molar-refractivity contribution < 1.29 is 0 Å². The van der Waals surface area contributed by atoms with Gasteiger partial charge in [-0.25, -0.2) is 0 Å². The fourth-order valence-electron chi connectivity index (χ4n) is 1.93. The molecule has 0 radical (unpaired) electrons. The normalized spacial score (nSPS) is 12.6. The number of benzene rings is 1. The molecule has 2 rings (SSSR count). The number of rotatable bonds is 4. The van der Waals surface area contributed by atoms with Crippen LogP contribution in [0.5, 0.6) is 0 Å². The van der Waals surface area contributed by atoms with Crippen molar-refractivity contribution in [2.75, 3.05) is 0 Å². The molecule has 0 saturated heterocycles. The Hall–Kier alpha value is -1.12. The number of aryl methyl sites for hydroxylation is 1. The van der Waals surface area contributed by atoms with E-state index in [1.165, 1.54) is 16.7 Å². The molecule has 0 fully saturated rings. The summed E-state index contributed by atoms with van der Waals surface area (Å²) in [6.07, 6.45) is 1.93. The van der Waals surface area contributed by atoms with Crippen molar-refractivity contribution in [3.05, 3.63) is 57.8 Å². The number of thiophene rings is 1. The minimum atomic E-state index is 0.219. The number of nitrogens with two attached hydrogens (primary N) is 1. The molecule has 16 heavy (non-hydrogen) atoms. The first-order valence-electron chi connectivity index (χ1n) is 5.56. The summed E-state index contributed by atoms with van der Waals surface area (Å²) in [4.78, 5) is 0. The predicted octanol–water partition coefficient (Wildman–Crippen LogP) is 3.17. The molecule has 1 aromatic heterocycles. The van der Waals surface area contributed by atoms with Gasteiger partial charge in [-0.3, -0.25) is 0 Å². The van der Waals surface area contributed by atoms with Crippen molar-refractivity contribution >= 4 is 11.3 Å². The summed E-state index contributed by atoms with van der Waals surface area (Å²) in [5.74, 6) is 0. The van der Waals surface area contributed by atoms with Gasteiger partial charge in [-0.15, -0.1) is 0 Å². The molecule has 0 spiro atoms. The zero-order valence-corrected chi connectivity index (χ0v) is 10.3. The highest BCUT2D eigenvalue weighted by molar-refractivity contribution is 7.07. The maximum atomic E-state index is 6.15. The second-order valence-electron chi connectivity index (χ2n) is 4.29. The van der Waals surface area contributed by atoms with Gasteiger partial charge in [0.15, 0.2) is 0 Å². The van der Waals surface area contributed by atoms with E-state index < -0.39 is 0 Å². The van der Waals surface area contributed by atoms with Crippen LogP contribution in [-0.4, -0.2) is 6.04 Å². The van der Waals surface area contributed by atoms with Crippen molar-refractivity contribution in [1.29, 1.82) is 0 Å². The zero-order chi connectivity index (χ0) is 11.4. The summed E-state index contributed by atoms with van der Waals surface area (Å²) in [6, 6.07) is 11.0. The van der Waals surface area contributed by atoms with Crippen LogP contribution in [0.3, 0.4) is 0 Å². The summed E-state index contributed by atoms with van der Waals surface area (Å²) in [7, 11) is 0. The monoisotopic (exact) mass is 231 g/mol. The predicted molar refractivity (Wildman–Crippen MR) is 70.9 cm³/mol. The fourth-order valence-corrected chi connectivity index (χ4v) is 2.61. The highest BCUT2D eigenvalue weighted by atomic mass is 32.1. The summed E-state index contributed by atoms with van der Waals surface area (Å²) in [5.41, 5.74) is 10.1. The quantitative estimate of drug-likeness (QED) is 0.859. The van der Waals surface area contributed by atoms with Crippen LogP contribution in [0.2, 0.25) is 0 Å². The Morgan fingerprint density at radius 3 is 2.69 bits per heavy atom. The maximum absolute atomic E-state index is 6.15. The van der Waals surface area contributed by atoms with E-state index in [1.54, 1.807) is 11.3 Å². The summed E-state index contributed by atoms with van der Waals surface area (Å²) in [5, 5.41) is 4.28. The molecule has 2 aromatic rings. The number of hydrogen-bond donors (Lipinski definition) is 1. The smallest absolute Gasteiger partial charge is 0.0120 e. The molecule has 0 saturated carbocycles. The molecule has 1 heterocycles. The summed E-state index contributed by atoms with van der Waals surface area (Å²) in [6.45, 7) is 2.12. The van der Waals surface area contributed by atoms with Crippen LogP contribution in [0.15, 0.2) is 41.1 Å². The van der Waals surface area contributed by atoms with E-state index in [0.717, 1.165) is 12.8 Å². The lowest BCUT2D eigenvalue weighted by molar-refractivity contribution is 0.666. The van der Waals surface area contributed by atoms with Gasteiger partial charge in [0.2, 0.25) is 0 Å². The Morgan fingerprint density at radius 1 is 1.19 bits per heavy atom. The van der Waals surface area contributed by atoms with Crippen LogP contribution in [0.25, 0.3) is 0 Å². The summed E-state index contributed by atoms with van der Waals surface area (Å²) < 4.78 is 0. The molecule has 1 unspecified atom stereocenters. The summed E-state index contributed by atoms with van der Waals surface area (Å²) >= 11 is 1.73. The molecule has 0 aliphatic carbocycles. The lowest BCUT2D eigenvalue weighted by Gasteiger charge is -2.11. The Kier molecular flexibility index (Phi) is 3.75. The van der Waals surface area contributed by atoms with Gasteiger partial charge in [0.25, 0.3) is 0 Å². The van der Waals surface area contributed by atoms with Crippen LogP contribution < -0.4 is 5.73 Å². The van der Waals surface area contributed by atoms with Crippen LogP contribution >= 0.6 is 11.3 Å². The Morgan fingerprint density at radius 2 is 2.00 bits per heavy atom. The largest absolute Gasteiger partial charge is 0.327 e. The van der Waals surface area contributed by atoms with Crippen molar-refractivity contribution in [3.63, 3.8) is 0 Å². The first-order chi connectivity index (χ1) is 7.74. The van der Waals surface area contributed by atoms with Gasteiger partial charge >= 0.3 is 0 Å². The lowest BCUT2D eigenvalue weighted by atomic mass is 10.0. The van der Waals surface area contributed by atoms with Gasteiger partial charge in [-0.2, -0.15) is 11.3 Å². The molecular weight excluding hydrogens is 214 g/mol. The average molecular weight is 231 g/mol. The molecule has 0 amide bonds. The van der Waals surface area contributed by atoms with E-state index in [4.69, 9.17) is 5.73 Å². The topological polar surface area (TPSA) is 26.0 Å². The van der Waals surface area contributed by atoms with Crippen LogP contribution in [-0.2, 0) is 12.8 Å². The van der Waals surface area contributed by atoms with Crippen molar-refractivity contribution in [1.82, 2.24) is 0 Å². The van der Waals surface area contributed by atoms with Gasteiger partial charge in [-0.05, 0) is 47.7 Å². The molecule has 84 valence electrons. The molecule has 2 N–H and O–H groups in total.